The van der Waals surface area contributed by atoms with Crippen molar-refractivity contribution in [3.63, 3.8) is 0 Å². The number of hydrogen-bond acceptors (Lipinski definition) is 3. The molecule has 0 radical (unpaired) electrons. The zero-order valence-corrected chi connectivity index (χ0v) is 9.28. The van der Waals surface area contributed by atoms with E-state index in [4.69, 9.17) is 4.74 Å². The number of aromatic nitrogens is 2. The molecule has 84 valence electrons. The molecule has 0 aliphatic carbocycles. The van der Waals surface area contributed by atoms with Crippen LogP contribution in [0, 0.1) is 5.92 Å². The third-order valence-electron chi connectivity index (χ3n) is 2.92. The molecule has 1 N–H and O–H groups in total. The fraction of sp³-hybridized carbons (Fsp3) is 0.727. The van der Waals surface area contributed by atoms with Gasteiger partial charge in [-0.25, -0.2) is 0 Å². The van der Waals surface area contributed by atoms with E-state index in [2.05, 4.69) is 10.4 Å². The van der Waals surface area contributed by atoms with Gasteiger partial charge in [0.2, 0.25) is 0 Å². The Bertz CT molecular complexity index is 292. The number of aryl methyl sites for hydroxylation is 1. The molecule has 2 heterocycles. The fourth-order valence-corrected chi connectivity index (χ4v) is 1.95. The predicted octanol–water partition coefficient (Wildman–Crippen LogP) is 0.936. The van der Waals surface area contributed by atoms with E-state index in [1.165, 1.54) is 18.5 Å². The molecule has 0 spiro atoms. The molecule has 1 aromatic rings. The highest BCUT2D eigenvalue weighted by Gasteiger charge is 2.13. The van der Waals surface area contributed by atoms with Crippen LogP contribution in [0.3, 0.4) is 0 Å². The summed E-state index contributed by atoms with van der Waals surface area (Å²) < 4.78 is 7.34. The van der Waals surface area contributed by atoms with Gasteiger partial charge in [0, 0.05) is 32.9 Å². The Balaban J connectivity index is 1.68. The maximum absolute atomic E-state index is 5.44. The third kappa shape index (κ3) is 3.04. The van der Waals surface area contributed by atoms with Gasteiger partial charge in [-0.15, -0.1) is 0 Å². The average molecular weight is 209 g/mol. The summed E-state index contributed by atoms with van der Waals surface area (Å²) >= 11 is 0. The molecule has 4 heteroatoms. The van der Waals surface area contributed by atoms with Crippen LogP contribution in [0.15, 0.2) is 12.3 Å². The molecule has 15 heavy (non-hydrogen) atoms. The molecule has 1 aliphatic rings. The van der Waals surface area contributed by atoms with Crippen molar-refractivity contribution < 1.29 is 4.74 Å². The van der Waals surface area contributed by atoms with Gasteiger partial charge in [-0.05, 0) is 24.8 Å². The zero-order chi connectivity index (χ0) is 10.5. The second-order valence-electron chi connectivity index (χ2n) is 4.16. The third-order valence-corrected chi connectivity index (χ3v) is 2.92. The minimum atomic E-state index is 0.687. The first-order valence-corrected chi connectivity index (χ1v) is 5.61. The van der Waals surface area contributed by atoms with Crippen LogP contribution in [0.1, 0.15) is 18.5 Å². The molecule has 0 aromatic carbocycles. The Kier molecular flexibility index (Phi) is 3.75. The highest BCUT2D eigenvalue weighted by Crippen LogP contribution is 2.12. The maximum atomic E-state index is 5.44. The van der Waals surface area contributed by atoms with E-state index in [1.807, 2.05) is 24.0 Å². The normalized spacial score (nSPS) is 21.8. The van der Waals surface area contributed by atoms with Gasteiger partial charge in [0.25, 0.3) is 0 Å². The average Bonchev–Trinajstić information content (AvgIpc) is 2.66. The molecule has 1 aromatic heterocycles. The fourth-order valence-electron chi connectivity index (χ4n) is 1.95. The Hall–Kier alpha value is -0.870. The number of hydrogen-bond donors (Lipinski definition) is 1. The van der Waals surface area contributed by atoms with Crippen molar-refractivity contribution in [2.75, 3.05) is 19.8 Å². The van der Waals surface area contributed by atoms with Gasteiger partial charge in [0.1, 0.15) is 0 Å². The van der Waals surface area contributed by atoms with Crippen molar-refractivity contribution in [2.24, 2.45) is 13.0 Å². The van der Waals surface area contributed by atoms with E-state index in [-0.39, 0.29) is 0 Å². The summed E-state index contributed by atoms with van der Waals surface area (Å²) in [4.78, 5) is 0. The summed E-state index contributed by atoms with van der Waals surface area (Å²) in [5.74, 6) is 0.687. The van der Waals surface area contributed by atoms with Crippen molar-refractivity contribution in [3.05, 3.63) is 18.0 Å². The minimum Gasteiger partial charge on any atom is -0.381 e. The van der Waals surface area contributed by atoms with E-state index in [9.17, 15) is 0 Å². The summed E-state index contributed by atoms with van der Waals surface area (Å²) in [6, 6.07) is 2.05. The van der Waals surface area contributed by atoms with Gasteiger partial charge in [-0.1, -0.05) is 0 Å². The van der Waals surface area contributed by atoms with Gasteiger partial charge < -0.3 is 10.1 Å². The van der Waals surface area contributed by atoms with Crippen molar-refractivity contribution in [2.45, 2.75) is 19.4 Å². The number of nitrogens with zero attached hydrogens (tertiary/aromatic N) is 2. The SMILES string of the molecule is Cn1nccc1CNCC1CCCOC1. The summed E-state index contributed by atoms with van der Waals surface area (Å²) in [6.07, 6.45) is 4.33. The number of rotatable bonds is 4. The first-order valence-electron chi connectivity index (χ1n) is 5.61. The van der Waals surface area contributed by atoms with E-state index >= 15 is 0 Å². The summed E-state index contributed by atoms with van der Waals surface area (Å²) in [6.45, 7) is 3.80. The summed E-state index contributed by atoms with van der Waals surface area (Å²) in [7, 11) is 1.97. The highest BCUT2D eigenvalue weighted by molar-refractivity contribution is 4.99. The van der Waals surface area contributed by atoms with E-state index < -0.39 is 0 Å². The molecule has 1 atom stereocenters. The van der Waals surface area contributed by atoms with Crippen molar-refractivity contribution >= 4 is 0 Å². The van der Waals surface area contributed by atoms with Gasteiger partial charge >= 0.3 is 0 Å². The molecule has 1 unspecified atom stereocenters. The zero-order valence-electron chi connectivity index (χ0n) is 9.28. The van der Waals surface area contributed by atoms with Gasteiger partial charge in [-0.2, -0.15) is 5.10 Å². The lowest BCUT2D eigenvalue weighted by Crippen LogP contribution is -2.29. The van der Waals surface area contributed by atoms with Crippen LogP contribution in [0.4, 0.5) is 0 Å². The van der Waals surface area contributed by atoms with Crippen LogP contribution in [-0.2, 0) is 18.3 Å². The highest BCUT2D eigenvalue weighted by atomic mass is 16.5. The van der Waals surface area contributed by atoms with Gasteiger partial charge in [0.15, 0.2) is 0 Å². The van der Waals surface area contributed by atoms with Crippen LogP contribution in [-0.4, -0.2) is 29.5 Å². The van der Waals surface area contributed by atoms with E-state index in [0.717, 1.165) is 26.3 Å². The lowest BCUT2D eigenvalue weighted by atomic mass is 10.0. The lowest BCUT2D eigenvalue weighted by Gasteiger charge is -2.22. The smallest absolute Gasteiger partial charge is 0.0518 e. The number of ether oxygens (including phenoxy) is 1. The maximum Gasteiger partial charge on any atom is 0.0518 e. The quantitative estimate of drug-likeness (QED) is 0.802. The van der Waals surface area contributed by atoms with Crippen molar-refractivity contribution in [1.82, 2.24) is 15.1 Å². The first-order chi connectivity index (χ1) is 7.36. The number of nitrogens with one attached hydrogen (secondary N) is 1. The van der Waals surface area contributed by atoms with E-state index in [0.29, 0.717) is 5.92 Å². The summed E-state index contributed by atoms with van der Waals surface area (Å²) in [5, 5.41) is 7.59. The second kappa shape index (κ2) is 5.28. The standard InChI is InChI=1S/C11H19N3O/c1-14-11(4-5-13-14)8-12-7-10-3-2-6-15-9-10/h4-5,10,12H,2-3,6-9H2,1H3. The predicted molar refractivity (Wildman–Crippen MR) is 58.5 cm³/mol. The van der Waals surface area contributed by atoms with Gasteiger partial charge in [-0.3, -0.25) is 4.68 Å². The Morgan fingerprint density at radius 1 is 1.67 bits per heavy atom. The lowest BCUT2D eigenvalue weighted by molar-refractivity contribution is 0.0547. The molecule has 4 nitrogen and oxygen atoms in total. The Labute approximate surface area is 90.6 Å². The van der Waals surface area contributed by atoms with E-state index in [1.54, 1.807) is 0 Å². The monoisotopic (exact) mass is 209 g/mol. The minimum absolute atomic E-state index is 0.687. The first kappa shape index (κ1) is 10.6. The molecule has 2 rings (SSSR count). The van der Waals surface area contributed by atoms with Crippen molar-refractivity contribution in [1.29, 1.82) is 0 Å². The molecule has 1 saturated heterocycles. The Morgan fingerprint density at radius 3 is 3.27 bits per heavy atom. The molecule has 0 saturated carbocycles. The molecule has 1 fully saturated rings. The largest absolute Gasteiger partial charge is 0.381 e. The molecule has 1 aliphatic heterocycles. The molecular formula is C11H19N3O. The second-order valence-corrected chi connectivity index (χ2v) is 4.16. The van der Waals surface area contributed by atoms with Crippen molar-refractivity contribution in [3.8, 4) is 0 Å². The van der Waals surface area contributed by atoms with Gasteiger partial charge in [0.05, 0.1) is 12.3 Å². The summed E-state index contributed by atoms with van der Waals surface area (Å²) in [5.41, 5.74) is 1.23. The Morgan fingerprint density at radius 2 is 2.60 bits per heavy atom. The van der Waals surface area contributed by atoms with Crippen LogP contribution in [0.25, 0.3) is 0 Å². The topological polar surface area (TPSA) is 39.1 Å². The molecule has 0 amide bonds. The van der Waals surface area contributed by atoms with Crippen LogP contribution < -0.4 is 5.32 Å². The molecular weight excluding hydrogens is 190 g/mol. The molecule has 0 bridgehead atoms. The van der Waals surface area contributed by atoms with Crippen LogP contribution >= 0.6 is 0 Å². The van der Waals surface area contributed by atoms with Crippen LogP contribution in [0.5, 0.6) is 0 Å². The van der Waals surface area contributed by atoms with Crippen LogP contribution in [0.2, 0.25) is 0 Å².